The average Bonchev–Trinajstić information content (AvgIpc) is 2.28. The molecular formula is C12H14O5. The van der Waals surface area contributed by atoms with Crippen LogP contribution >= 0.6 is 0 Å². The third kappa shape index (κ3) is 3.29. The van der Waals surface area contributed by atoms with E-state index in [0.29, 0.717) is 11.1 Å². The summed E-state index contributed by atoms with van der Waals surface area (Å²) in [6.45, 7) is 1.23. The fourth-order valence-electron chi connectivity index (χ4n) is 1.35. The highest BCUT2D eigenvalue weighted by Gasteiger charge is 2.29. The molecule has 2 N–H and O–H groups in total. The predicted molar refractivity (Wildman–Crippen MR) is 59.7 cm³/mol. The number of carboxylic acids is 1. The van der Waals surface area contributed by atoms with Gasteiger partial charge in [-0.05, 0) is 24.6 Å². The zero-order valence-corrected chi connectivity index (χ0v) is 9.64. The van der Waals surface area contributed by atoms with Crippen LogP contribution in [0.4, 0.5) is 0 Å². The van der Waals surface area contributed by atoms with E-state index in [-0.39, 0.29) is 6.42 Å². The molecule has 92 valence electrons. The lowest BCUT2D eigenvalue weighted by molar-refractivity contribution is -0.156. The molecule has 1 atom stereocenters. The maximum Gasteiger partial charge on any atom is 0.337 e. The van der Waals surface area contributed by atoms with Crippen molar-refractivity contribution >= 4 is 11.9 Å². The summed E-state index contributed by atoms with van der Waals surface area (Å²) in [4.78, 5) is 21.9. The Kier molecular flexibility index (Phi) is 3.85. The molecular weight excluding hydrogens is 224 g/mol. The summed E-state index contributed by atoms with van der Waals surface area (Å²) in [5.74, 6) is -1.74. The number of carbonyl (C=O) groups excluding carboxylic acids is 1. The summed E-state index contributed by atoms with van der Waals surface area (Å²) in [6.07, 6.45) is -0.0240. The van der Waals surface area contributed by atoms with Crippen LogP contribution in [0.5, 0.6) is 0 Å². The average molecular weight is 238 g/mol. The summed E-state index contributed by atoms with van der Waals surface area (Å²) in [7, 11) is 1.28. The van der Waals surface area contributed by atoms with Crippen LogP contribution in [-0.4, -0.2) is 34.9 Å². The second-order valence-corrected chi connectivity index (χ2v) is 3.94. The van der Waals surface area contributed by atoms with Gasteiger partial charge in [0.05, 0.1) is 12.7 Å². The molecule has 0 fully saturated rings. The van der Waals surface area contributed by atoms with Gasteiger partial charge in [0.2, 0.25) is 0 Å². The molecule has 17 heavy (non-hydrogen) atoms. The molecule has 1 unspecified atom stereocenters. The van der Waals surface area contributed by atoms with E-state index in [2.05, 4.69) is 4.74 Å². The third-order valence-electron chi connectivity index (χ3n) is 2.38. The molecule has 0 saturated carbocycles. The van der Waals surface area contributed by atoms with Gasteiger partial charge in [-0.3, -0.25) is 0 Å². The van der Waals surface area contributed by atoms with E-state index in [4.69, 9.17) is 5.11 Å². The molecule has 5 nitrogen and oxygen atoms in total. The molecule has 1 aromatic carbocycles. The van der Waals surface area contributed by atoms with Crippen molar-refractivity contribution in [3.05, 3.63) is 35.4 Å². The minimum atomic E-state index is -1.81. The smallest absolute Gasteiger partial charge is 0.337 e. The molecule has 5 heteroatoms. The normalized spacial score (nSPS) is 13.8. The zero-order valence-electron chi connectivity index (χ0n) is 9.64. The van der Waals surface area contributed by atoms with Crippen molar-refractivity contribution in [1.82, 2.24) is 0 Å². The number of ether oxygens (including phenoxy) is 1. The van der Waals surface area contributed by atoms with Crippen LogP contribution in [0.25, 0.3) is 0 Å². The fraction of sp³-hybridized carbons (Fsp3) is 0.333. The topological polar surface area (TPSA) is 83.8 Å². The number of esters is 1. The quantitative estimate of drug-likeness (QED) is 0.760. The summed E-state index contributed by atoms with van der Waals surface area (Å²) in [5, 5.41) is 18.3. The van der Waals surface area contributed by atoms with Crippen LogP contribution in [0.15, 0.2) is 24.3 Å². The summed E-state index contributed by atoms with van der Waals surface area (Å²) in [6, 6.07) is 6.23. The van der Waals surface area contributed by atoms with Gasteiger partial charge >= 0.3 is 11.9 Å². The Balaban J connectivity index is 2.82. The van der Waals surface area contributed by atoms with Gasteiger partial charge in [0, 0.05) is 6.42 Å². The second-order valence-electron chi connectivity index (χ2n) is 3.94. The first kappa shape index (κ1) is 13.2. The Bertz CT molecular complexity index is 419. The largest absolute Gasteiger partial charge is 0.479 e. The number of benzene rings is 1. The number of methoxy groups -OCH3 is 1. The van der Waals surface area contributed by atoms with Crippen LogP contribution in [0.3, 0.4) is 0 Å². The third-order valence-corrected chi connectivity index (χ3v) is 2.38. The number of hydrogen-bond donors (Lipinski definition) is 2. The van der Waals surface area contributed by atoms with Crippen molar-refractivity contribution in [2.45, 2.75) is 18.9 Å². The Hall–Kier alpha value is -1.88. The molecule has 1 aromatic rings. The zero-order chi connectivity index (χ0) is 13.1. The molecule has 0 heterocycles. The van der Waals surface area contributed by atoms with Crippen LogP contribution in [-0.2, 0) is 16.0 Å². The standard InChI is InChI=1S/C12H14O5/c1-12(16,11(14)15)7-8-3-5-9(6-4-8)10(13)17-2/h3-6,16H,7H2,1-2H3,(H,14,15). The highest BCUT2D eigenvalue weighted by molar-refractivity contribution is 5.89. The van der Waals surface area contributed by atoms with Crippen molar-refractivity contribution in [2.24, 2.45) is 0 Å². The van der Waals surface area contributed by atoms with E-state index in [0.717, 1.165) is 0 Å². The van der Waals surface area contributed by atoms with Gasteiger partial charge < -0.3 is 14.9 Å². The van der Waals surface area contributed by atoms with Gasteiger partial charge in [-0.25, -0.2) is 9.59 Å². The molecule has 0 aliphatic carbocycles. The van der Waals surface area contributed by atoms with Gasteiger partial charge in [-0.2, -0.15) is 0 Å². The van der Waals surface area contributed by atoms with Gasteiger partial charge in [-0.15, -0.1) is 0 Å². The lowest BCUT2D eigenvalue weighted by Crippen LogP contribution is -2.37. The van der Waals surface area contributed by atoms with Crippen molar-refractivity contribution in [1.29, 1.82) is 0 Å². The number of carboxylic acid groups (broad SMARTS) is 1. The number of rotatable bonds is 4. The summed E-state index contributed by atoms with van der Waals surface area (Å²) in [5.41, 5.74) is -0.802. The Morgan fingerprint density at radius 3 is 2.24 bits per heavy atom. The van der Waals surface area contributed by atoms with Crippen molar-refractivity contribution in [3.63, 3.8) is 0 Å². The van der Waals surface area contributed by atoms with Gasteiger partial charge in [0.25, 0.3) is 0 Å². The van der Waals surface area contributed by atoms with E-state index in [1.165, 1.54) is 26.2 Å². The molecule has 0 saturated heterocycles. The second kappa shape index (κ2) is 4.97. The first-order valence-corrected chi connectivity index (χ1v) is 5.00. The maximum atomic E-state index is 11.2. The fourth-order valence-corrected chi connectivity index (χ4v) is 1.35. The summed E-state index contributed by atoms with van der Waals surface area (Å²) >= 11 is 0. The predicted octanol–water partition coefficient (Wildman–Crippen LogP) is 0.851. The Labute approximate surface area is 98.6 Å². The number of aliphatic hydroxyl groups is 1. The molecule has 1 rings (SSSR count). The minimum Gasteiger partial charge on any atom is -0.479 e. The number of hydrogen-bond acceptors (Lipinski definition) is 4. The first-order chi connectivity index (χ1) is 7.86. The molecule has 0 aliphatic rings. The molecule has 0 bridgehead atoms. The van der Waals surface area contributed by atoms with E-state index in [1.54, 1.807) is 12.1 Å². The lowest BCUT2D eigenvalue weighted by Gasteiger charge is -2.17. The SMILES string of the molecule is COC(=O)c1ccc(CC(C)(O)C(=O)O)cc1. The molecule has 0 spiro atoms. The molecule has 0 aromatic heterocycles. The highest BCUT2D eigenvalue weighted by atomic mass is 16.5. The molecule has 0 aliphatic heterocycles. The monoisotopic (exact) mass is 238 g/mol. The molecule has 0 amide bonds. The van der Waals surface area contributed by atoms with Crippen molar-refractivity contribution in [2.75, 3.05) is 7.11 Å². The van der Waals surface area contributed by atoms with Gasteiger partial charge in [-0.1, -0.05) is 12.1 Å². The maximum absolute atomic E-state index is 11.2. The van der Waals surface area contributed by atoms with Gasteiger partial charge in [0.15, 0.2) is 5.60 Å². The van der Waals surface area contributed by atoms with Crippen LogP contribution in [0.2, 0.25) is 0 Å². The van der Waals surface area contributed by atoms with E-state index < -0.39 is 17.5 Å². The van der Waals surface area contributed by atoms with Gasteiger partial charge in [0.1, 0.15) is 0 Å². The van der Waals surface area contributed by atoms with E-state index >= 15 is 0 Å². The number of carbonyl (C=O) groups is 2. The van der Waals surface area contributed by atoms with E-state index in [9.17, 15) is 14.7 Å². The molecule has 0 radical (unpaired) electrons. The minimum absolute atomic E-state index is 0.0240. The first-order valence-electron chi connectivity index (χ1n) is 5.00. The van der Waals surface area contributed by atoms with E-state index in [1.807, 2.05) is 0 Å². The number of aliphatic carboxylic acids is 1. The Morgan fingerprint density at radius 1 is 1.29 bits per heavy atom. The van der Waals surface area contributed by atoms with Crippen LogP contribution in [0, 0.1) is 0 Å². The lowest BCUT2D eigenvalue weighted by atomic mass is 9.96. The van der Waals surface area contributed by atoms with Crippen LogP contribution < -0.4 is 0 Å². The van der Waals surface area contributed by atoms with Crippen molar-refractivity contribution < 1.29 is 24.5 Å². The van der Waals surface area contributed by atoms with Crippen molar-refractivity contribution in [3.8, 4) is 0 Å². The summed E-state index contributed by atoms with van der Waals surface area (Å²) < 4.78 is 4.53. The van der Waals surface area contributed by atoms with Crippen LogP contribution in [0.1, 0.15) is 22.8 Å². The highest BCUT2D eigenvalue weighted by Crippen LogP contribution is 2.14. The Morgan fingerprint density at radius 2 is 1.82 bits per heavy atom.